The van der Waals surface area contributed by atoms with Crippen molar-refractivity contribution in [2.24, 2.45) is 5.10 Å². The van der Waals surface area contributed by atoms with Crippen LogP contribution in [0.3, 0.4) is 0 Å². The van der Waals surface area contributed by atoms with Gasteiger partial charge in [-0.25, -0.2) is 4.79 Å². The minimum absolute atomic E-state index is 0.143. The summed E-state index contributed by atoms with van der Waals surface area (Å²) in [5, 5.41) is 13.5. The minimum atomic E-state index is -1.02. The summed E-state index contributed by atoms with van der Waals surface area (Å²) >= 11 is 0. The fourth-order valence-corrected chi connectivity index (χ4v) is 2.27. The number of nitrogens with one attached hydrogen (secondary N) is 1. The molecule has 0 atom stereocenters. The van der Waals surface area contributed by atoms with E-state index in [4.69, 9.17) is 14.2 Å². The molecule has 0 aliphatic carbocycles. The van der Waals surface area contributed by atoms with Crippen LogP contribution in [0, 0.1) is 0 Å². The normalized spacial score (nSPS) is 11.0. The number of carboxylic acids is 1. The Labute approximate surface area is 145 Å². The number of hydrogen-bond acceptors (Lipinski definition) is 6. The van der Waals surface area contributed by atoms with E-state index in [9.17, 15) is 9.90 Å². The first-order chi connectivity index (χ1) is 12.0. The van der Waals surface area contributed by atoms with Crippen molar-refractivity contribution in [1.82, 2.24) is 0 Å². The number of carboxylic acid groups (broad SMARTS) is 1. The summed E-state index contributed by atoms with van der Waals surface area (Å²) in [6, 6.07) is 10.1. The van der Waals surface area contributed by atoms with E-state index in [0.29, 0.717) is 28.6 Å². The highest BCUT2D eigenvalue weighted by molar-refractivity contribution is 6.01. The van der Waals surface area contributed by atoms with Gasteiger partial charge in [0.15, 0.2) is 11.5 Å². The second-order valence-corrected chi connectivity index (χ2v) is 5.07. The summed E-state index contributed by atoms with van der Waals surface area (Å²) in [5.41, 5.74) is 4.71. The third kappa shape index (κ3) is 4.00. The Morgan fingerprint density at radius 2 is 1.64 bits per heavy atom. The standard InChI is InChI=1S/C18H20N2O5/c1-11(19-20-14-8-6-5-7-13(14)18(21)22)12-9-15(23-2)17(25-4)16(10-12)24-3/h5-10,20H,1-4H3,(H,21,22)/b19-11-. The molecule has 0 saturated carbocycles. The van der Waals surface area contributed by atoms with E-state index in [1.165, 1.54) is 27.4 Å². The van der Waals surface area contributed by atoms with Gasteiger partial charge in [0.05, 0.1) is 38.3 Å². The van der Waals surface area contributed by atoms with E-state index >= 15 is 0 Å². The van der Waals surface area contributed by atoms with Crippen molar-refractivity contribution in [2.45, 2.75) is 6.92 Å². The van der Waals surface area contributed by atoms with Gasteiger partial charge in [-0.3, -0.25) is 5.43 Å². The zero-order chi connectivity index (χ0) is 18.4. The number of rotatable bonds is 7. The average molecular weight is 344 g/mol. The molecule has 2 aromatic rings. The fourth-order valence-electron chi connectivity index (χ4n) is 2.27. The van der Waals surface area contributed by atoms with Crippen molar-refractivity contribution in [2.75, 3.05) is 26.8 Å². The second kappa shape index (κ2) is 8.05. The van der Waals surface area contributed by atoms with Crippen molar-refractivity contribution in [3.63, 3.8) is 0 Å². The summed E-state index contributed by atoms with van der Waals surface area (Å²) in [6.45, 7) is 1.79. The van der Waals surface area contributed by atoms with Crippen LogP contribution in [0.15, 0.2) is 41.5 Å². The van der Waals surface area contributed by atoms with Gasteiger partial charge in [0.25, 0.3) is 0 Å². The van der Waals surface area contributed by atoms with Crippen LogP contribution >= 0.6 is 0 Å². The second-order valence-electron chi connectivity index (χ2n) is 5.07. The lowest BCUT2D eigenvalue weighted by molar-refractivity contribution is 0.0698. The lowest BCUT2D eigenvalue weighted by Gasteiger charge is -2.14. The Morgan fingerprint density at radius 1 is 1.04 bits per heavy atom. The number of ether oxygens (including phenoxy) is 3. The number of aromatic carboxylic acids is 1. The van der Waals surface area contributed by atoms with Gasteiger partial charge in [-0.1, -0.05) is 12.1 Å². The number of hydrazone groups is 1. The quantitative estimate of drug-likeness (QED) is 0.592. The molecular formula is C18H20N2O5. The fraction of sp³-hybridized carbons (Fsp3) is 0.222. The van der Waals surface area contributed by atoms with Gasteiger partial charge in [-0.15, -0.1) is 0 Å². The monoisotopic (exact) mass is 344 g/mol. The molecule has 0 aliphatic heterocycles. The number of carbonyl (C=O) groups is 1. The van der Waals surface area contributed by atoms with Crippen LogP contribution < -0.4 is 19.6 Å². The third-order valence-corrected chi connectivity index (χ3v) is 3.58. The first-order valence-corrected chi connectivity index (χ1v) is 7.44. The van der Waals surface area contributed by atoms with Crippen molar-refractivity contribution >= 4 is 17.4 Å². The Kier molecular flexibility index (Phi) is 5.84. The first kappa shape index (κ1) is 18.1. The van der Waals surface area contributed by atoms with Crippen LogP contribution in [-0.2, 0) is 0 Å². The number of anilines is 1. The predicted molar refractivity (Wildman–Crippen MR) is 95.3 cm³/mol. The van der Waals surface area contributed by atoms with Crippen molar-refractivity contribution in [3.8, 4) is 17.2 Å². The lowest BCUT2D eigenvalue weighted by atomic mass is 10.1. The molecule has 7 nitrogen and oxygen atoms in total. The highest BCUT2D eigenvalue weighted by Crippen LogP contribution is 2.38. The molecule has 0 unspecified atom stereocenters. The molecule has 132 valence electrons. The van der Waals surface area contributed by atoms with Crippen LogP contribution in [0.1, 0.15) is 22.8 Å². The highest BCUT2D eigenvalue weighted by Gasteiger charge is 2.14. The molecule has 0 saturated heterocycles. The van der Waals surface area contributed by atoms with E-state index in [0.717, 1.165) is 5.56 Å². The third-order valence-electron chi connectivity index (χ3n) is 3.58. The largest absolute Gasteiger partial charge is 0.493 e. The molecule has 0 fully saturated rings. The lowest BCUT2D eigenvalue weighted by Crippen LogP contribution is -2.05. The van der Waals surface area contributed by atoms with Crippen molar-refractivity contribution < 1.29 is 24.1 Å². The smallest absolute Gasteiger partial charge is 0.337 e. The zero-order valence-electron chi connectivity index (χ0n) is 14.5. The molecule has 0 spiro atoms. The number of nitrogens with zero attached hydrogens (tertiary/aromatic N) is 1. The van der Waals surface area contributed by atoms with Crippen LogP contribution in [-0.4, -0.2) is 38.1 Å². The van der Waals surface area contributed by atoms with Crippen LogP contribution in [0.25, 0.3) is 0 Å². The van der Waals surface area contributed by atoms with Gasteiger partial charge >= 0.3 is 5.97 Å². The number of para-hydroxylation sites is 1. The SMILES string of the molecule is COc1cc(/C(C)=N\Nc2ccccc2C(=O)O)cc(OC)c1OC. The van der Waals surface area contributed by atoms with Gasteiger partial charge in [-0.05, 0) is 31.2 Å². The highest BCUT2D eigenvalue weighted by atomic mass is 16.5. The molecule has 2 N–H and O–H groups in total. The van der Waals surface area contributed by atoms with Gasteiger partial charge < -0.3 is 19.3 Å². The summed E-state index contributed by atoms with van der Waals surface area (Å²) < 4.78 is 15.9. The summed E-state index contributed by atoms with van der Waals surface area (Å²) in [7, 11) is 4.61. The molecule has 0 radical (unpaired) electrons. The van der Waals surface area contributed by atoms with Crippen LogP contribution in [0.5, 0.6) is 17.2 Å². The Hall–Kier alpha value is -3.22. The number of methoxy groups -OCH3 is 3. The molecule has 2 aromatic carbocycles. The zero-order valence-corrected chi connectivity index (χ0v) is 14.5. The summed E-state index contributed by atoms with van der Waals surface area (Å²) in [5.74, 6) is 0.490. The molecule has 2 rings (SSSR count). The summed E-state index contributed by atoms with van der Waals surface area (Å²) in [6.07, 6.45) is 0. The Balaban J connectivity index is 2.36. The molecule has 0 heterocycles. The molecule has 0 aliphatic rings. The van der Waals surface area contributed by atoms with E-state index in [1.54, 1.807) is 37.3 Å². The average Bonchev–Trinajstić information content (AvgIpc) is 2.64. The van der Waals surface area contributed by atoms with E-state index in [2.05, 4.69) is 10.5 Å². The molecule has 7 heteroatoms. The molecule has 25 heavy (non-hydrogen) atoms. The van der Waals surface area contributed by atoms with Crippen LogP contribution in [0.2, 0.25) is 0 Å². The molecule has 0 bridgehead atoms. The van der Waals surface area contributed by atoms with Gasteiger partial charge in [-0.2, -0.15) is 5.10 Å². The van der Waals surface area contributed by atoms with Gasteiger partial charge in [0, 0.05) is 5.56 Å². The maximum absolute atomic E-state index is 11.2. The van der Waals surface area contributed by atoms with Crippen molar-refractivity contribution in [1.29, 1.82) is 0 Å². The molecular weight excluding hydrogens is 324 g/mol. The van der Waals surface area contributed by atoms with Gasteiger partial charge in [0.2, 0.25) is 5.75 Å². The maximum Gasteiger partial charge on any atom is 0.337 e. The maximum atomic E-state index is 11.2. The molecule has 0 aromatic heterocycles. The first-order valence-electron chi connectivity index (χ1n) is 7.44. The molecule has 0 amide bonds. The van der Waals surface area contributed by atoms with E-state index < -0.39 is 5.97 Å². The number of benzene rings is 2. The minimum Gasteiger partial charge on any atom is -0.493 e. The predicted octanol–water partition coefficient (Wildman–Crippen LogP) is 3.25. The van der Waals surface area contributed by atoms with Crippen molar-refractivity contribution in [3.05, 3.63) is 47.5 Å². The Bertz CT molecular complexity index is 777. The van der Waals surface area contributed by atoms with Crippen LogP contribution in [0.4, 0.5) is 5.69 Å². The summed E-state index contributed by atoms with van der Waals surface area (Å²) in [4.78, 5) is 11.2. The van der Waals surface area contributed by atoms with E-state index in [1.807, 2.05) is 0 Å². The Morgan fingerprint density at radius 3 is 2.16 bits per heavy atom. The van der Waals surface area contributed by atoms with E-state index in [-0.39, 0.29) is 5.56 Å². The topological polar surface area (TPSA) is 89.4 Å². The number of hydrogen-bond donors (Lipinski definition) is 2. The van der Waals surface area contributed by atoms with Gasteiger partial charge in [0.1, 0.15) is 0 Å².